The van der Waals surface area contributed by atoms with E-state index < -0.39 is 0 Å². The van der Waals surface area contributed by atoms with Gasteiger partial charge in [-0.2, -0.15) is 0 Å². The van der Waals surface area contributed by atoms with Gasteiger partial charge < -0.3 is 25.1 Å². The predicted octanol–water partition coefficient (Wildman–Crippen LogP) is 3.46. The van der Waals surface area contributed by atoms with Crippen molar-refractivity contribution in [3.05, 3.63) is 38.7 Å². The van der Waals surface area contributed by atoms with E-state index in [1.807, 2.05) is 38.1 Å². The third kappa shape index (κ3) is 5.55. The summed E-state index contributed by atoms with van der Waals surface area (Å²) in [5.41, 5.74) is 7.21. The van der Waals surface area contributed by atoms with E-state index in [0.717, 1.165) is 17.7 Å². The third-order valence-electron chi connectivity index (χ3n) is 3.70. The van der Waals surface area contributed by atoms with Crippen molar-refractivity contribution in [2.75, 3.05) is 26.0 Å². The van der Waals surface area contributed by atoms with Gasteiger partial charge in [0.1, 0.15) is 16.4 Å². The smallest absolute Gasteiger partial charge is 0.265 e. The number of hydrogen-bond acceptors (Lipinski definition) is 6. The SMILES string of the molecule is COc1ccc(Cn2c(N)c(C(=O)NCCCOC(C)C)sc2=S)cc1. The fourth-order valence-corrected chi connectivity index (χ4v) is 3.56. The molecule has 0 saturated carbocycles. The highest BCUT2D eigenvalue weighted by atomic mass is 32.1. The number of nitrogen functional groups attached to an aromatic ring is 1. The zero-order chi connectivity index (χ0) is 19.1. The second kappa shape index (κ2) is 9.70. The molecule has 0 fully saturated rings. The van der Waals surface area contributed by atoms with Crippen molar-refractivity contribution in [3.63, 3.8) is 0 Å². The van der Waals surface area contributed by atoms with Gasteiger partial charge in [-0.05, 0) is 50.2 Å². The number of carbonyl (C=O) groups is 1. The Morgan fingerprint density at radius 3 is 2.65 bits per heavy atom. The number of nitrogens with two attached hydrogens (primary N) is 1. The van der Waals surface area contributed by atoms with E-state index >= 15 is 0 Å². The van der Waals surface area contributed by atoms with Crippen molar-refractivity contribution in [1.82, 2.24) is 9.88 Å². The molecule has 0 saturated heterocycles. The molecule has 142 valence electrons. The summed E-state index contributed by atoms with van der Waals surface area (Å²) in [5.74, 6) is 0.987. The summed E-state index contributed by atoms with van der Waals surface area (Å²) in [5, 5.41) is 2.87. The highest BCUT2D eigenvalue weighted by Gasteiger charge is 2.17. The van der Waals surface area contributed by atoms with Gasteiger partial charge in [-0.3, -0.25) is 4.79 Å². The van der Waals surface area contributed by atoms with Crippen LogP contribution in [0.2, 0.25) is 0 Å². The van der Waals surface area contributed by atoms with Gasteiger partial charge in [-0.15, -0.1) is 0 Å². The number of nitrogens with one attached hydrogen (secondary N) is 1. The van der Waals surface area contributed by atoms with E-state index in [0.29, 0.717) is 34.3 Å². The van der Waals surface area contributed by atoms with Crippen LogP contribution in [0.25, 0.3) is 0 Å². The molecule has 0 aliphatic carbocycles. The van der Waals surface area contributed by atoms with Crippen LogP contribution in [-0.2, 0) is 11.3 Å². The van der Waals surface area contributed by atoms with Gasteiger partial charge >= 0.3 is 0 Å². The highest BCUT2D eigenvalue weighted by molar-refractivity contribution is 7.73. The number of carbonyl (C=O) groups excluding carboxylic acids is 1. The van der Waals surface area contributed by atoms with Gasteiger partial charge in [0, 0.05) is 13.2 Å². The number of ether oxygens (including phenoxy) is 2. The predicted molar refractivity (Wildman–Crippen MR) is 108 cm³/mol. The number of anilines is 1. The van der Waals surface area contributed by atoms with Crippen molar-refractivity contribution in [3.8, 4) is 5.75 Å². The molecule has 2 rings (SSSR count). The van der Waals surface area contributed by atoms with Crippen LogP contribution in [0.4, 0.5) is 5.82 Å². The minimum Gasteiger partial charge on any atom is -0.497 e. The molecule has 0 atom stereocenters. The highest BCUT2D eigenvalue weighted by Crippen LogP contribution is 2.24. The zero-order valence-electron chi connectivity index (χ0n) is 15.3. The quantitative estimate of drug-likeness (QED) is 0.502. The van der Waals surface area contributed by atoms with Gasteiger partial charge in [-0.25, -0.2) is 0 Å². The molecular weight excluding hydrogens is 370 g/mol. The Kier molecular flexibility index (Phi) is 7.62. The molecule has 1 heterocycles. The van der Waals surface area contributed by atoms with Crippen molar-refractivity contribution in [2.45, 2.75) is 32.9 Å². The third-order valence-corrected chi connectivity index (χ3v) is 5.16. The van der Waals surface area contributed by atoms with E-state index in [1.165, 1.54) is 11.3 Å². The first-order valence-corrected chi connectivity index (χ1v) is 9.66. The number of hydrogen-bond donors (Lipinski definition) is 2. The molecule has 6 nitrogen and oxygen atoms in total. The molecule has 2 aromatic rings. The summed E-state index contributed by atoms with van der Waals surface area (Å²) < 4.78 is 13.0. The number of methoxy groups -OCH3 is 1. The van der Waals surface area contributed by atoms with Gasteiger partial charge in [0.15, 0.2) is 3.95 Å². The summed E-state index contributed by atoms with van der Waals surface area (Å²) in [6.45, 7) is 5.63. The number of thiazole rings is 1. The Balaban J connectivity index is 1.99. The first-order chi connectivity index (χ1) is 12.4. The average Bonchev–Trinajstić information content (AvgIpc) is 2.90. The Morgan fingerprint density at radius 1 is 1.35 bits per heavy atom. The van der Waals surface area contributed by atoms with Crippen LogP contribution in [-0.4, -0.2) is 36.8 Å². The number of aromatic nitrogens is 1. The fraction of sp³-hybridized carbons (Fsp3) is 0.444. The molecule has 0 bridgehead atoms. The van der Waals surface area contributed by atoms with Crippen LogP contribution < -0.4 is 15.8 Å². The number of amides is 1. The van der Waals surface area contributed by atoms with Crippen molar-refractivity contribution >= 4 is 35.3 Å². The summed E-state index contributed by atoms with van der Waals surface area (Å²) in [4.78, 5) is 12.8. The minimum atomic E-state index is -0.198. The van der Waals surface area contributed by atoms with Crippen LogP contribution in [0.3, 0.4) is 0 Å². The van der Waals surface area contributed by atoms with Gasteiger partial charge in [0.2, 0.25) is 0 Å². The molecule has 1 aromatic carbocycles. The molecule has 0 aliphatic heterocycles. The number of benzene rings is 1. The van der Waals surface area contributed by atoms with Crippen LogP contribution in [0.1, 0.15) is 35.5 Å². The Morgan fingerprint density at radius 2 is 2.04 bits per heavy atom. The lowest BCUT2D eigenvalue weighted by Crippen LogP contribution is -2.25. The van der Waals surface area contributed by atoms with Crippen molar-refractivity contribution in [1.29, 1.82) is 0 Å². The molecular formula is C18H25N3O3S2. The molecule has 1 aromatic heterocycles. The van der Waals surface area contributed by atoms with Crippen LogP contribution in [0, 0.1) is 3.95 Å². The fourth-order valence-electron chi connectivity index (χ4n) is 2.31. The van der Waals surface area contributed by atoms with Crippen molar-refractivity contribution in [2.24, 2.45) is 0 Å². The molecule has 0 unspecified atom stereocenters. The standard InChI is InChI=1S/C18H25N3O3S2/c1-12(2)24-10-4-9-20-17(22)15-16(19)21(18(25)26-15)11-13-5-7-14(23-3)8-6-13/h5-8,12H,4,9-11,19H2,1-3H3,(H,20,22). The first-order valence-electron chi connectivity index (χ1n) is 8.44. The summed E-state index contributed by atoms with van der Waals surface area (Å²) in [6, 6.07) is 7.67. The van der Waals surface area contributed by atoms with Gasteiger partial charge in [-0.1, -0.05) is 23.5 Å². The Hall–Kier alpha value is -1.90. The van der Waals surface area contributed by atoms with Crippen LogP contribution in [0.15, 0.2) is 24.3 Å². The largest absolute Gasteiger partial charge is 0.497 e. The first kappa shape index (κ1) is 20.4. The average molecular weight is 396 g/mol. The molecule has 3 N–H and O–H groups in total. The Bertz CT molecular complexity index is 782. The maximum atomic E-state index is 12.4. The van der Waals surface area contributed by atoms with E-state index in [1.54, 1.807) is 11.7 Å². The van der Waals surface area contributed by atoms with Crippen LogP contribution >= 0.6 is 23.6 Å². The monoisotopic (exact) mass is 395 g/mol. The summed E-state index contributed by atoms with van der Waals surface area (Å²) in [6.07, 6.45) is 0.945. The minimum absolute atomic E-state index is 0.193. The lowest BCUT2D eigenvalue weighted by Gasteiger charge is -2.09. The molecule has 0 aliphatic rings. The van der Waals surface area contributed by atoms with Gasteiger partial charge in [0.05, 0.1) is 19.8 Å². The second-order valence-corrected chi connectivity index (χ2v) is 7.69. The maximum absolute atomic E-state index is 12.4. The molecule has 1 amide bonds. The topological polar surface area (TPSA) is 78.5 Å². The van der Waals surface area contributed by atoms with E-state index in [9.17, 15) is 4.79 Å². The second-order valence-electron chi connectivity index (χ2n) is 6.05. The molecule has 26 heavy (non-hydrogen) atoms. The zero-order valence-corrected chi connectivity index (χ0v) is 16.9. The van der Waals surface area contributed by atoms with E-state index in [2.05, 4.69) is 5.32 Å². The summed E-state index contributed by atoms with van der Waals surface area (Å²) >= 11 is 6.62. The lowest BCUT2D eigenvalue weighted by atomic mass is 10.2. The van der Waals surface area contributed by atoms with E-state index in [-0.39, 0.29) is 12.0 Å². The molecule has 0 spiro atoms. The molecule has 8 heteroatoms. The number of rotatable bonds is 9. The van der Waals surface area contributed by atoms with Gasteiger partial charge in [0.25, 0.3) is 5.91 Å². The maximum Gasteiger partial charge on any atom is 0.265 e. The Labute approximate surface area is 162 Å². The normalized spacial score (nSPS) is 10.9. The summed E-state index contributed by atoms with van der Waals surface area (Å²) in [7, 11) is 1.63. The van der Waals surface area contributed by atoms with Crippen molar-refractivity contribution < 1.29 is 14.3 Å². The van der Waals surface area contributed by atoms with Crippen LogP contribution in [0.5, 0.6) is 5.75 Å². The number of nitrogens with zero attached hydrogens (tertiary/aromatic N) is 1. The lowest BCUT2D eigenvalue weighted by molar-refractivity contribution is 0.0757. The molecule has 0 radical (unpaired) electrons. The van der Waals surface area contributed by atoms with E-state index in [4.69, 9.17) is 27.4 Å².